The van der Waals surface area contributed by atoms with E-state index in [2.05, 4.69) is 17.0 Å². The van der Waals surface area contributed by atoms with Crippen molar-refractivity contribution in [2.24, 2.45) is 0 Å². The van der Waals surface area contributed by atoms with Gasteiger partial charge in [-0.3, -0.25) is 4.90 Å². The Kier molecular flexibility index (Phi) is 7.25. The van der Waals surface area contributed by atoms with Crippen LogP contribution in [0.3, 0.4) is 0 Å². The van der Waals surface area contributed by atoms with Crippen molar-refractivity contribution < 1.29 is 13.6 Å². The maximum Gasteiger partial charge on any atom is 0.0937 e. The lowest BCUT2D eigenvalue weighted by Crippen LogP contribution is -2.36. The molecule has 2 aromatic rings. The first-order valence-corrected chi connectivity index (χ1v) is 8.79. The molecule has 0 spiro atoms. The molecule has 0 unspecified atom stereocenters. The van der Waals surface area contributed by atoms with Gasteiger partial charge >= 0.3 is 0 Å². The minimum atomic E-state index is 0. The van der Waals surface area contributed by atoms with Gasteiger partial charge in [0.1, 0.15) is 0 Å². The maximum atomic E-state index is 5.38. The molecule has 2 aromatic heterocycles. The largest absolute Gasteiger partial charge is 0.472 e. The first-order valence-electron chi connectivity index (χ1n) is 7.51. The number of rotatable bonds is 7. The maximum absolute atomic E-state index is 5.38. The lowest BCUT2D eigenvalue weighted by Gasteiger charge is -2.26. The molecular weight excluding hydrogens is 318 g/mol. The smallest absolute Gasteiger partial charge is 0.0937 e. The van der Waals surface area contributed by atoms with E-state index in [0.29, 0.717) is 5.54 Å². The standard InChI is InChI=1S/C16H21NO3Si.ClH/c1(4-17-5-9-18-10-6-17)11-21-16(14-2-7-19-12-14)15-3-8-20-13-15;/h2-3,7-8,12-13,16H,1,4-6,9-11H2;1H. The number of nitrogens with zero attached hydrogens (tertiary/aromatic N) is 1. The summed E-state index contributed by atoms with van der Waals surface area (Å²) >= 11 is 0. The van der Waals surface area contributed by atoms with E-state index in [1.807, 2.05) is 12.5 Å². The predicted octanol–water partition coefficient (Wildman–Crippen LogP) is 3.23. The van der Waals surface area contributed by atoms with Crippen molar-refractivity contribution in [2.45, 2.75) is 18.0 Å². The Bertz CT molecular complexity index is 463. The molecule has 3 heterocycles. The molecule has 22 heavy (non-hydrogen) atoms. The molecule has 0 bridgehead atoms. The van der Waals surface area contributed by atoms with Gasteiger partial charge in [0.2, 0.25) is 0 Å². The third-order valence-electron chi connectivity index (χ3n) is 3.86. The predicted molar refractivity (Wildman–Crippen MR) is 88.9 cm³/mol. The number of hydrogen-bond donors (Lipinski definition) is 0. The third-order valence-corrected chi connectivity index (χ3v) is 5.57. The van der Waals surface area contributed by atoms with Crippen LogP contribution in [0.5, 0.6) is 0 Å². The topological polar surface area (TPSA) is 38.8 Å². The molecule has 1 fully saturated rings. The van der Waals surface area contributed by atoms with Crippen molar-refractivity contribution in [2.75, 3.05) is 32.8 Å². The van der Waals surface area contributed by atoms with Gasteiger partial charge in [0.05, 0.1) is 47.8 Å². The van der Waals surface area contributed by atoms with Crippen LogP contribution in [0.15, 0.2) is 46.0 Å². The van der Waals surface area contributed by atoms with Gasteiger partial charge in [-0.1, -0.05) is 6.04 Å². The van der Waals surface area contributed by atoms with Crippen molar-refractivity contribution in [3.05, 3.63) is 48.3 Å². The van der Waals surface area contributed by atoms with Crippen molar-refractivity contribution in [1.82, 2.24) is 4.90 Å². The molecule has 0 aromatic carbocycles. The lowest BCUT2D eigenvalue weighted by molar-refractivity contribution is 0.0380. The van der Waals surface area contributed by atoms with E-state index in [0.717, 1.165) is 35.8 Å². The Morgan fingerprint density at radius 2 is 1.68 bits per heavy atom. The van der Waals surface area contributed by atoms with Gasteiger partial charge < -0.3 is 13.6 Å². The normalized spacial score (nSPS) is 15.9. The second-order valence-corrected chi connectivity index (χ2v) is 6.79. The summed E-state index contributed by atoms with van der Waals surface area (Å²) in [6.45, 7) is 5.11. The van der Waals surface area contributed by atoms with Crippen LogP contribution in [0.1, 0.15) is 23.1 Å². The van der Waals surface area contributed by atoms with Crippen LogP contribution in [0.25, 0.3) is 0 Å². The second kappa shape index (κ2) is 9.20. The molecule has 0 saturated carbocycles. The SMILES string of the molecule is Cl.c1cc(C([Si]CCCN2CCOCC2)c2ccoc2)co1. The third kappa shape index (κ3) is 4.74. The number of hydrogen-bond acceptors (Lipinski definition) is 4. The van der Waals surface area contributed by atoms with Gasteiger partial charge in [-0.25, -0.2) is 0 Å². The lowest BCUT2D eigenvalue weighted by atomic mass is 10.1. The number of ether oxygens (including phenoxy) is 1. The van der Waals surface area contributed by atoms with E-state index in [1.165, 1.54) is 30.1 Å². The Morgan fingerprint density at radius 1 is 1.05 bits per heavy atom. The second-order valence-electron chi connectivity index (χ2n) is 5.31. The Hall–Kier alpha value is -1.01. The van der Waals surface area contributed by atoms with Gasteiger partial charge in [0, 0.05) is 18.6 Å². The zero-order valence-electron chi connectivity index (χ0n) is 12.6. The highest BCUT2D eigenvalue weighted by molar-refractivity contribution is 6.39. The van der Waals surface area contributed by atoms with E-state index in [1.54, 1.807) is 12.5 Å². The van der Waals surface area contributed by atoms with E-state index < -0.39 is 0 Å². The molecule has 1 aliphatic rings. The summed E-state index contributed by atoms with van der Waals surface area (Å²) in [5.41, 5.74) is 2.91. The molecule has 1 saturated heterocycles. The van der Waals surface area contributed by atoms with E-state index in [-0.39, 0.29) is 12.4 Å². The number of morpholine rings is 1. The molecule has 6 heteroatoms. The number of furan rings is 2. The molecule has 0 amide bonds. The van der Waals surface area contributed by atoms with Crippen LogP contribution in [0.4, 0.5) is 0 Å². The zero-order valence-corrected chi connectivity index (χ0v) is 14.4. The van der Waals surface area contributed by atoms with Gasteiger partial charge in [-0.05, 0) is 36.2 Å². The van der Waals surface area contributed by atoms with Crippen molar-refractivity contribution in [3.63, 3.8) is 0 Å². The Balaban J connectivity index is 0.00000176. The molecule has 0 atom stereocenters. The first kappa shape index (κ1) is 17.3. The average Bonchev–Trinajstić information content (AvgIpc) is 3.22. The summed E-state index contributed by atoms with van der Waals surface area (Å²) in [4.78, 5) is 2.50. The summed E-state index contributed by atoms with van der Waals surface area (Å²) < 4.78 is 15.9. The minimum absolute atomic E-state index is 0. The highest BCUT2D eigenvalue weighted by atomic mass is 35.5. The van der Waals surface area contributed by atoms with E-state index in [9.17, 15) is 0 Å². The van der Waals surface area contributed by atoms with Crippen LogP contribution >= 0.6 is 12.4 Å². The Labute approximate surface area is 140 Å². The van der Waals surface area contributed by atoms with Crippen LogP contribution in [-0.4, -0.2) is 47.3 Å². The first-order chi connectivity index (χ1) is 10.4. The zero-order chi connectivity index (χ0) is 14.3. The van der Waals surface area contributed by atoms with Crippen molar-refractivity contribution >= 4 is 21.9 Å². The summed E-state index contributed by atoms with van der Waals surface area (Å²) in [6, 6.07) is 5.36. The fraction of sp³-hybridized carbons (Fsp3) is 0.500. The molecule has 2 radical (unpaired) electrons. The van der Waals surface area contributed by atoms with Crippen LogP contribution in [-0.2, 0) is 4.74 Å². The molecule has 0 N–H and O–H groups in total. The molecule has 120 valence electrons. The number of halogens is 1. The quantitative estimate of drug-likeness (QED) is 0.573. The van der Waals surface area contributed by atoms with E-state index >= 15 is 0 Å². The molecular formula is C16H22ClNO3Si. The average molecular weight is 340 g/mol. The molecule has 4 nitrogen and oxygen atoms in total. The van der Waals surface area contributed by atoms with Crippen molar-refractivity contribution in [1.29, 1.82) is 0 Å². The minimum Gasteiger partial charge on any atom is -0.472 e. The van der Waals surface area contributed by atoms with Gasteiger partial charge in [-0.2, -0.15) is 0 Å². The van der Waals surface area contributed by atoms with E-state index in [4.69, 9.17) is 13.6 Å². The summed E-state index contributed by atoms with van der Waals surface area (Å²) in [5.74, 6) is 0. The fourth-order valence-electron chi connectivity index (χ4n) is 2.68. The van der Waals surface area contributed by atoms with Crippen LogP contribution in [0.2, 0.25) is 6.04 Å². The van der Waals surface area contributed by atoms with Gasteiger partial charge in [0.25, 0.3) is 0 Å². The monoisotopic (exact) mass is 339 g/mol. The molecule has 0 aliphatic carbocycles. The van der Waals surface area contributed by atoms with Gasteiger partial charge in [-0.15, -0.1) is 12.4 Å². The van der Waals surface area contributed by atoms with Crippen LogP contribution in [0, 0.1) is 0 Å². The Morgan fingerprint density at radius 3 is 2.23 bits per heavy atom. The van der Waals surface area contributed by atoms with Crippen molar-refractivity contribution in [3.8, 4) is 0 Å². The molecule has 1 aliphatic heterocycles. The summed E-state index contributed by atoms with van der Waals surface area (Å²) in [6.07, 6.45) is 8.45. The molecule has 3 rings (SSSR count). The fourth-order valence-corrected chi connectivity index (χ4v) is 4.13. The summed E-state index contributed by atoms with van der Waals surface area (Å²) in [7, 11) is 0.855. The highest BCUT2D eigenvalue weighted by Crippen LogP contribution is 2.25. The van der Waals surface area contributed by atoms with Crippen LogP contribution < -0.4 is 0 Å². The van der Waals surface area contributed by atoms with Gasteiger partial charge in [0.15, 0.2) is 0 Å². The highest BCUT2D eigenvalue weighted by Gasteiger charge is 2.17. The summed E-state index contributed by atoms with van der Waals surface area (Å²) in [5, 5.41) is 0.